The van der Waals surface area contributed by atoms with Crippen LogP contribution in [0.1, 0.15) is 18.9 Å². The lowest BCUT2D eigenvalue weighted by atomic mass is 9.91. The smallest absolute Gasteiger partial charge is 0.0717 e. The number of benzene rings is 1. The molecule has 0 spiro atoms. The molecule has 0 aromatic heterocycles. The number of rotatable bonds is 7. The molecule has 0 bridgehead atoms. The average molecular weight is 350 g/mol. The van der Waals surface area contributed by atoms with Gasteiger partial charge >= 0.3 is 0 Å². The molecule has 0 amide bonds. The van der Waals surface area contributed by atoms with Crippen LogP contribution in [0.2, 0.25) is 0 Å². The van der Waals surface area contributed by atoms with Gasteiger partial charge in [-0.1, -0.05) is 69.1 Å². The van der Waals surface area contributed by atoms with Gasteiger partial charge in [-0.05, 0) is 12.0 Å². The second-order valence-corrected chi connectivity index (χ2v) is 5.22. The van der Waals surface area contributed by atoms with E-state index in [1.807, 2.05) is 18.2 Å². The minimum Gasteiger partial charge on any atom is -0.376 e. The van der Waals surface area contributed by atoms with Gasteiger partial charge in [-0.3, -0.25) is 0 Å². The van der Waals surface area contributed by atoms with Crippen molar-refractivity contribution in [2.75, 3.05) is 17.3 Å². The van der Waals surface area contributed by atoms with Gasteiger partial charge in [0.05, 0.1) is 13.2 Å². The van der Waals surface area contributed by atoms with Crippen LogP contribution in [0, 0.1) is 5.41 Å². The third kappa shape index (κ3) is 4.19. The SMILES string of the molecule is CCC(CBr)(CBr)COCc1ccccc1. The number of alkyl halides is 2. The molecule has 0 unspecified atom stereocenters. The highest BCUT2D eigenvalue weighted by molar-refractivity contribution is 9.09. The first-order valence-electron chi connectivity index (χ1n) is 5.50. The van der Waals surface area contributed by atoms with Crippen LogP contribution in [0.4, 0.5) is 0 Å². The Balaban J connectivity index is 2.39. The molecule has 1 aromatic rings. The van der Waals surface area contributed by atoms with Crippen molar-refractivity contribution in [3.63, 3.8) is 0 Å². The minimum atomic E-state index is 0.217. The average Bonchev–Trinajstić information content (AvgIpc) is 2.37. The van der Waals surface area contributed by atoms with Crippen molar-refractivity contribution < 1.29 is 4.74 Å². The van der Waals surface area contributed by atoms with E-state index < -0.39 is 0 Å². The van der Waals surface area contributed by atoms with Crippen LogP contribution in [0.25, 0.3) is 0 Å². The molecule has 0 N–H and O–H groups in total. The molecule has 3 heteroatoms. The molecule has 0 saturated heterocycles. The fourth-order valence-corrected chi connectivity index (χ4v) is 3.41. The van der Waals surface area contributed by atoms with Crippen LogP contribution in [-0.2, 0) is 11.3 Å². The number of halogens is 2. The van der Waals surface area contributed by atoms with Crippen LogP contribution in [-0.4, -0.2) is 17.3 Å². The molecule has 1 nitrogen and oxygen atoms in total. The Morgan fingerprint density at radius 1 is 1.12 bits per heavy atom. The maximum Gasteiger partial charge on any atom is 0.0717 e. The second-order valence-electron chi connectivity index (χ2n) is 4.10. The fraction of sp³-hybridized carbons (Fsp3) is 0.538. The van der Waals surface area contributed by atoms with Gasteiger partial charge in [0.25, 0.3) is 0 Å². The lowest BCUT2D eigenvalue weighted by molar-refractivity contribution is 0.0552. The van der Waals surface area contributed by atoms with Gasteiger partial charge < -0.3 is 4.74 Å². The molecule has 0 saturated carbocycles. The molecule has 0 radical (unpaired) electrons. The van der Waals surface area contributed by atoms with E-state index in [0.29, 0.717) is 6.61 Å². The molecule has 0 atom stereocenters. The van der Waals surface area contributed by atoms with E-state index in [1.165, 1.54) is 5.56 Å². The standard InChI is InChI=1S/C13H18Br2O/c1-2-13(9-14,10-15)11-16-8-12-6-4-3-5-7-12/h3-7H,2,8-11H2,1H3. The Hall–Kier alpha value is 0.140. The monoisotopic (exact) mass is 348 g/mol. The molecular formula is C13H18Br2O. The lowest BCUT2D eigenvalue weighted by Crippen LogP contribution is -2.29. The highest BCUT2D eigenvalue weighted by atomic mass is 79.9. The van der Waals surface area contributed by atoms with Gasteiger partial charge in [-0.15, -0.1) is 0 Å². The lowest BCUT2D eigenvalue weighted by Gasteiger charge is -2.28. The van der Waals surface area contributed by atoms with E-state index in [4.69, 9.17) is 4.74 Å². The first-order chi connectivity index (χ1) is 7.76. The molecule has 1 aromatic carbocycles. The molecule has 0 heterocycles. The Labute approximate surface area is 115 Å². The normalized spacial score (nSPS) is 11.7. The Kier molecular flexibility index (Phi) is 6.62. The largest absolute Gasteiger partial charge is 0.376 e. The molecule has 0 fully saturated rings. The third-order valence-corrected chi connectivity index (χ3v) is 5.22. The molecule has 90 valence electrons. The van der Waals surface area contributed by atoms with E-state index in [9.17, 15) is 0 Å². The quantitative estimate of drug-likeness (QED) is 0.663. The zero-order valence-electron chi connectivity index (χ0n) is 9.59. The van der Waals surface area contributed by atoms with Gasteiger partial charge in [0.1, 0.15) is 0 Å². The Morgan fingerprint density at radius 2 is 1.75 bits per heavy atom. The van der Waals surface area contributed by atoms with Gasteiger partial charge in [0.2, 0.25) is 0 Å². The molecule has 0 aliphatic carbocycles. The highest BCUT2D eigenvalue weighted by Crippen LogP contribution is 2.27. The molecule has 1 rings (SSSR count). The van der Waals surface area contributed by atoms with Crippen LogP contribution < -0.4 is 0 Å². The summed E-state index contributed by atoms with van der Waals surface area (Å²) >= 11 is 7.14. The van der Waals surface area contributed by atoms with E-state index in [1.54, 1.807) is 0 Å². The summed E-state index contributed by atoms with van der Waals surface area (Å²) in [5.41, 5.74) is 1.45. The van der Waals surface area contributed by atoms with Gasteiger partial charge in [-0.25, -0.2) is 0 Å². The molecule has 0 aliphatic heterocycles. The van der Waals surface area contributed by atoms with Gasteiger partial charge in [0, 0.05) is 16.1 Å². The number of hydrogen-bond donors (Lipinski definition) is 0. The van der Waals surface area contributed by atoms with Crippen molar-refractivity contribution in [1.82, 2.24) is 0 Å². The first-order valence-corrected chi connectivity index (χ1v) is 7.74. The minimum absolute atomic E-state index is 0.217. The Bertz CT molecular complexity index is 275. The van der Waals surface area contributed by atoms with Crippen molar-refractivity contribution in [2.24, 2.45) is 5.41 Å². The van der Waals surface area contributed by atoms with Gasteiger partial charge in [0.15, 0.2) is 0 Å². The molecular weight excluding hydrogens is 332 g/mol. The maximum atomic E-state index is 5.80. The molecule has 0 aliphatic rings. The maximum absolute atomic E-state index is 5.80. The third-order valence-electron chi connectivity index (χ3n) is 2.84. The fourth-order valence-electron chi connectivity index (χ4n) is 1.36. The van der Waals surface area contributed by atoms with Crippen LogP contribution in [0.15, 0.2) is 30.3 Å². The summed E-state index contributed by atoms with van der Waals surface area (Å²) in [6.45, 7) is 3.69. The second kappa shape index (κ2) is 7.46. The summed E-state index contributed by atoms with van der Waals surface area (Å²) in [7, 11) is 0. The van der Waals surface area contributed by atoms with Crippen molar-refractivity contribution in [3.05, 3.63) is 35.9 Å². The van der Waals surface area contributed by atoms with E-state index in [0.717, 1.165) is 23.7 Å². The van der Waals surface area contributed by atoms with Crippen LogP contribution >= 0.6 is 31.9 Å². The summed E-state index contributed by atoms with van der Waals surface area (Å²) in [5, 5.41) is 1.94. The van der Waals surface area contributed by atoms with Crippen LogP contribution in [0.5, 0.6) is 0 Å². The zero-order chi connectivity index (χ0) is 11.9. The highest BCUT2D eigenvalue weighted by Gasteiger charge is 2.25. The topological polar surface area (TPSA) is 9.23 Å². The van der Waals surface area contributed by atoms with E-state index >= 15 is 0 Å². The van der Waals surface area contributed by atoms with Crippen molar-refractivity contribution in [3.8, 4) is 0 Å². The first kappa shape index (κ1) is 14.2. The van der Waals surface area contributed by atoms with Crippen molar-refractivity contribution >= 4 is 31.9 Å². The number of hydrogen-bond acceptors (Lipinski definition) is 1. The number of ether oxygens (including phenoxy) is 1. The van der Waals surface area contributed by atoms with Gasteiger partial charge in [-0.2, -0.15) is 0 Å². The summed E-state index contributed by atoms with van der Waals surface area (Å²) in [4.78, 5) is 0. The summed E-state index contributed by atoms with van der Waals surface area (Å²) in [5.74, 6) is 0. The summed E-state index contributed by atoms with van der Waals surface area (Å²) < 4.78 is 5.80. The summed E-state index contributed by atoms with van der Waals surface area (Å²) in [6, 6.07) is 10.3. The van der Waals surface area contributed by atoms with Crippen LogP contribution in [0.3, 0.4) is 0 Å². The Morgan fingerprint density at radius 3 is 2.25 bits per heavy atom. The van der Waals surface area contributed by atoms with E-state index in [2.05, 4.69) is 50.9 Å². The zero-order valence-corrected chi connectivity index (χ0v) is 12.8. The van der Waals surface area contributed by atoms with Crippen molar-refractivity contribution in [2.45, 2.75) is 20.0 Å². The summed E-state index contributed by atoms with van der Waals surface area (Å²) in [6.07, 6.45) is 1.11. The predicted molar refractivity (Wildman–Crippen MR) is 76.4 cm³/mol. The van der Waals surface area contributed by atoms with Crippen molar-refractivity contribution in [1.29, 1.82) is 0 Å². The predicted octanol–water partition coefficient (Wildman–Crippen LogP) is 4.39. The molecule has 16 heavy (non-hydrogen) atoms. The van der Waals surface area contributed by atoms with E-state index in [-0.39, 0.29) is 5.41 Å².